The quantitative estimate of drug-likeness (QED) is 0.884. The fourth-order valence-corrected chi connectivity index (χ4v) is 2.30. The largest absolute Gasteiger partial charge is 0.348 e. The molecule has 0 radical (unpaired) electrons. The predicted molar refractivity (Wildman–Crippen MR) is 85.3 cm³/mol. The Bertz CT molecular complexity index is 788. The first-order chi connectivity index (χ1) is 11.5. The molecule has 1 aliphatic rings. The summed E-state index contributed by atoms with van der Waals surface area (Å²) in [6.45, 7) is 0.169. The number of amides is 2. The van der Waals surface area contributed by atoms with Gasteiger partial charge in [0, 0.05) is 24.2 Å². The maximum atomic E-state index is 13.6. The molecule has 0 heterocycles. The minimum absolute atomic E-state index is 0.00423. The molecule has 2 N–H and O–H groups in total. The monoisotopic (exact) mass is 330 g/mol. The second-order valence-electron chi connectivity index (χ2n) is 5.77. The summed E-state index contributed by atoms with van der Waals surface area (Å²) in [4.78, 5) is 23.7. The minimum atomic E-state index is -0.905. The number of carbonyl (C=O) groups is 2. The number of benzene rings is 2. The number of anilines is 1. The van der Waals surface area contributed by atoms with Crippen LogP contribution in [0.5, 0.6) is 0 Å². The van der Waals surface area contributed by atoms with Crippen molar-refractivity contribution in [2.45, 2.75) is 19.4 Å². The summed E-state index contributed by atoms with van der Waals surface area (Å²) in [5, 5.41) is 5.40. The Morgan fingerprint density at radius 3 is 2.58 bits per heavy atom. The van der Waals surface area contributed by atoms with Crippen molar-refractivity contribution in [3.63, 3.8) is 0 Å². The molecule has 2 amide bonds. The van der Waals surface area contributed by atoms with Crippen molar-refractivity contribution in [2.24, 2.45) is 5.92 Å². The summed E-state index contributed by atoms with van der Waals surface area (Å²) in [6, 6.07) is 9.88. The lowest BCUT2D eigenvalue weighted by molar-refractivity contribution is -0.117. The van der Waals surface area contributed by atoms with Crippen LogP contribution in [0.25, 0.3) is 0 Å². The van der Waals surface area contributed by atoms with Crippen molar-refractivity contribution in [3.8, 4) is 0 Å². The highest BCUT2D eigenvalue weighted by Crippen LogP contribution is 2.30. The van der Waals surface area contributed by atoms with Gasteiger partial charge < -0.3 is 10.6 Å². The van der Waals surface area contributed by atoms with Crippen molar-refractivity contribution in [1.82, 2.24) is 5.32 Å². The molecule has 0 atom stereocenters. The van der Waals surface area contributed by atoms with Crippen LogP contribution in [0, 0.1) is 17.6 Å². The molecule has 2 aromatic carbocycles. The molecule has 1 saturated carbocycles. The zero-order chi connectivity index (χ0) is 17.1. The lowest BCUT2D eigenvalue weighted by Gasteiger charge is -2.09. The molecule has 0 saturated heterocycles. The van der Waals surface area contributed by atoms with E-state index in [2.05, 4.69) is 10.6 Å². The summed E-state index contributed by atoms with van der Waals surface area (Å²) in [7, 11) is 0. The van der Waals surface area contributed by atoms with Crippen LogP contribution < -0.4 is 10.6 Å². The van der Waals surface area contributed by atoms with Gasteiger partial charge in [0.1, 0.15) is 11.6 Å². The SMILES string of the molecule is O=C(NCc1cccc(NC(=O)C2CC2)c1)c1ccc(F)cc1F. The number of halogens is 2. The van der Waals surface area contributed by atoms with Crippen LogP contribution >= 0.6 is 0 Å². The molecular weight excluding hydrogens is 314 g/mol. The summed E-state index contributed by atoms with van der Waals surface area (Å²) in [5.74, 6) is -2.15. The first kappa shape index (κ1) is 16.1. The highest BCUT2D eigenvalue weighted by molar-refractivity contribution is 5.95. The lowest BCUT2D eigenvalue weighted by atomic mass is 10.1. The Morgan fingerprint density at radius 2 is 1.88 bits per heavy atom. The van der Waals surface area contributed by atoms with E-state index in [0.29, 0.717) is 11.8 Å². The highest BCUT2D eigenvalue weighted by atomic mass is 19.1. The molecule has 0 bridgehead atoms. The van der Waals surface area contributed by atoms with E-state index >= 15 is 0 Å². The molecular formula is C18H16F2N2O2. The highest BCUT2D eigenvalue weighted by Gasteiger charge is 2.29. The third-order valence-electron chi connectivity index (χ3n) is 3.77. The van der Waals surface area contributed by atoms with Crippen molar-refractivity contribution in [2.75, 3.05) is 5.32 Å². The van der Waals surface area contributed by atoms with Crippen LogP contribution in [-0.2, 0) is 11.3 Å². The maximum Gasteiger partial charge on any atom is 0.254 e. The van der Waals surface area contributed by atoms with Gasteiger partial charge in [-0.1, -0.05) is 12.1 Å². The van der Waals surface area contributed by atoms with E-state index in [4.69, 9.17) is 0 Å². The van der Waals surface area contributed by atoms with Crippen LogP contribution in [0.3, 0.4) is 0 Å². The molecule has 0 spiro atoms. The van der Waals surface area contributed by atoms with Crippen LogP contribution in [-0.4, -0.2) is 11.8 Å². The van der Waals surface area contributed by atoms with Gasteiger partial charge in [-0.05, 0) is 42.7 Å². The average molecular weight is 330 g/mol. The first-order valence-corrected chi connectivity index (χ1v) is 7.66. The molecule has 1 fully saturated rings. The molecule has 6 heteroatoms. The van der Waals surface area contributed by atoms with Gasteiger partial charge in [-0.2, -0.15) is 0 Å². The molecule has 0 aromatic heterocycles. The van der Waals surface area contributed by atoms with E-state index in [1.165, 1.54) is 0 Å². The fraction of sp³-hybridized carbons (Fsp3) is 0.222. The van der Waals surface area contributed by atoms with Crippen molar-refractivity contribution < 1.29 is 18.4 Å². The third kappa shape index (κ3) is 3.95. The van der Waals surface area contributed by atoms with Gasteiger partial charge in [0.2, 0.25) is 5.91 Å². The van der Waals surface area contributed by atoms with Crippen LogP contribution in [0.1, 0.15) is 28.8 Å². The van der Waals surface area contributed by atoms with Crippen LogP contribution in [0.15, 0.2) is 42.5 Å². The zero-order valence-electron chi connectivity index (χ0n) is 12.8. The van der Waals surface area contributed by atoms with Gasteiger partial charge >= 0.3 is 0 Å². The van der Waals surface area contributed by atoms with Crippen LogP contribution in [0.2, 0.25) is 0 Å². The second kappa shape index (κ2) is 6.78. The second-order valence-corrected chi connectivity index (χ2v) is 5.77. The van der Waals surface area contributed by atoms with Gasteiger partial charge in [-0.3, -0.25) is 9.59 Å². The van der Waals surface area contributed by atoms with E-state index in [1.807, 2.05) is 0 Å². The van der Waals surface area contributed by atoms with Crippen LogP contribution in [0.4, 0.5) is 14.5 Å². The molecule has 2 aromatic rings. The van der Waals surface area contributed by atoms with Gasteiger partial charge in [-0.15, -0.1) is 0 Å². The third-order valence-corrected chi connectivity index (χ3v) is 3.77. The Labute approximate surface area is 137 Å². The molecule has 124 valence electrons. The smallest absolute Gasteiger partial charge is 0.254 e. The number of nitrogens with one attached hydrogen (secondary N) is 2. The predicted octanol–water partition coefficient (Wildman–Crippen LogP) is 3.24. The Morgan fingerprint density at radius 1 is 1.08 bits per heavy atom. The topological polar surface area (TPSA) is 58.2 Å². The molecule has 0 aliphatic heterocycles. The van der Waals surface area contributed by atoms with E-state index in [9.17, 15) is 18.4 Å². The molecule has 3 rings (SSSR count). The summed E-state index contributed by atoms with van der Waals surface area (Å²) < 4.78 is 26.4. The van der Waals surface area contributed by atoms with Crippen molar-refractivity contribution in [1.29, 1.82) is 0 Å². The summed E-state index contributed by atoms with van der Waals surface area (Å²) in [5.41, 5.74) is 1.21. The van der Waals surface area contributed by atoms with E-state index < -0.39 is 17.5 Å². The summed E-state index contributed by atoms with van der Waals surface area (Å²) >= 11 is 0. The van der Waals surface area contributed by atoms with Gasteiger partial charge in [0.15, 0.2) is 0 Å². The lowest BCUT2D eigenvalue weighted by Crippen LogP contribution is -2.24. The van der Waals surface area contributed by atoms with E-state index in [1.54, 1.807) is 24.3 Å². The number of rotatable bonds is 5. The standard InChI is InChI=1S/C18H16F2N2O2/c19-13-6-7-15(16(20)9-13)18(24)21-10-11-2-1-3-14(8-11)22-17(23)12-4-5-12/h1-3,6-9,12H,4-5,10H2,(H,21,24)(H,22,23). The zero-order valence-corrected chi connectivity index (χ0v) is 12.8. The van der Waals surface area contributed by atoms with E-state index in [0.717, 1.165) is 30.5 Å². The summed E-state index contributed by atoms with van der Waals surface area (Å²) in [6.07, 6.45) is 1.84. The van der Waals surface area contributed by atoms with Gasteiger partial charge in [0.25, 0.3) is 5.91 Å². The number of hydrogen-bond donors (Lipinski definition) is 2. The number of hydrogen-bond acceptors (Lipinski definition) is 2. The Kier molecular flexibility index (Phi) is 4.55. The van der Waals surface area contributed by atoms with Crippen molar-refractivity contribution in [3.05, 3.63) is 65.2 Å². The Balaban J connectivity index is 1.61. The molecule has 0 unspecified atom stereocenters. The van der Waals surface area contributed by atoms with Gasteiger partial charge in [-0.25, -0.2) is 8.78 Å². The van der Waals surface area contributed by atoms with E-state index in [-0.39, 0.29) is 23.9 Å². The first-order valence-electron chi connectivity index (χ1n) is 7.66. The normalized spacial score (nSPS) is 13.4. The Hall–Kier alpha value is -2.76. The molecule has 24 heavy (non-hydrogen) atoms. The maximum absolute atomic E-state index is 13.6. The molecule has 4 nitrogen and oxygen atoms in total. The molecule has 1 aliphatic carbocycles. The fourth-order valence-electron chi connectivity index (χ4n) is 2.30. The minimum Gasteiger partial charge on any atom is -0.348 e. The van der Waals surface area contributed by atoms with Crippen molar-refractivity contribution >= 4 is 17.5 Å². The van der Waals surface area contributed by atoms with Gasteiger partial charge in [0.05, 0.1) is 5.56 Å². The number of carbonyl (C=O) groups excluding carboxylic acids is 2. The average Bonchev–Trinajstić information content (AvgIpc) is 3.38.